The third kappa shape index (κ3) is 7.21. The maximum absolute atomic E-state index is 15.4. The van der Waals surface area contributed by atoms with E-state index in [1.807, 2.05) is 0 Å². The molecule has 3 aliphatic carbocycles. The number of aryl methyl sites for hydroxylation is 1. The summed E-state index contributed by atoms with van der Waals surface area (Å²) in [4.78, 5) is 18.7. The van der Waals surface area contributed by atoms with E-state index in [-0.39, 0.29) is 58.2 Å². The smallest absolute Gasteiger partial charge is 0.293 e. The molecule has 2 saturated carbocycles. The summed E-state index contributed by atoms with van der Waals surface area (Å²) in [6.45, 7) is -1.09. The van der Waals surface area contributed by atoms with Crippen LogP contribution >= 0.6 is 11.6 Å². The largest absolute Gasteiger partial charge is 0.395 e. The lowest BCUT2D eigenvalue weighted by Crippen LogP contribution is -2.35. The van der Waals surface area contributed by atoms with Crippen LogP contribution in [0.25, 0.3) is 22.0 Å². The van der Waals surface area contributed by atoms with Gasteiger partial charge >= 0.3 is 0 Å². The molecule has 0 saturated heterocycles. The lowest BCUT2D eigenvalue weighted by Gasteiger charge is -2.23. The zero-order chi connectivity index (χ0) is 40.8. The fourth-order valence-corrected chi connectivity index (χ4v) is 8.42. The van der Waals surface area contributed by atoms with Gasteiger partial charge in [0.2, 0.25) is 15.9 Å². The fourth-order valence-electron chi connectivity index (χ4n) is 7.68. The van der Waals surface area contributed by atoms with Gasteiger partial charge in [-0.2, -0.15) is 19.0 Å². The van der Waals surface area contributed by atoms with Gasteiger partial charge in [-0.1, -0.05) is 23.6 Å². The molecule has 2 fully saturated rings. The van der Waals surface area contributed by atoms with Crippen LogP contribution in [0.4, 0.5) is 32.2 Å². The molecule has 1 unspecified atom stereocenters. The lowest BCUT2D eigenvalue weighted by atomic mass is 9.93. The van der Waals surface area contributed by atoms with Crippen LogP contribution < -0.4 is 10.0 Å². The highest BCUT2D eigenvalue weighted by Gasteiger charge is 2.67. The third-order valence-electron chi connectivity index (χ3n) is 10.5. The summed E-state index contributed by atoms with van der Waals surface area (Å²) in [5.74, 6) is -2.35. The number of sulfonamides is 1. The topological polar surface area (TPSA) is 144 Å². The first-order valence-electron chi connectivity index (χ1n) is 17.7. The number of carbonyl (C=O) groups is 1. The van der Waals surface area contributed by atoms with Gasteiger partial charge in [0.1, 0.15) is 35.3 Å². The molecule has 11 nitrogen and oxygen atoms in total. The molecule has 0 aliphatic heterocycles. The number of aliphatic hydroxyl groups excluding tert-OH is 1. The number of anilines is 1. The average molecular weight is 832 g/mol. The number of halogens is 7. The van der Waals surface area contributed by atoms with Crippen molar-refractivity contribution in [3.8, 4) is 23.0 Å². The highest BCUT2D eigenvalue weighted by Crippen LogP contribution is 2.68. The van der Waals surface area contributed by atoms with Crippen LogP contribution in [0.1, 0.15) is 71.6 Å². The predicted octanol–water partition coefficient (Wildman–Crippen LogP) is 6.51. The third-order valence-corrected chi connectivity index (χ3v) is 11.4. The SMILES string of the molecule is Cn1nc(NS(C)(=O)=O)c2c(Cl)ccc(-c3ccc(C#CC4(CO)CC4)nc3[C@H](Cc3cc(F)cc(F)c3)NC(=O)Cn3nc(C(F)F)c4c3C(F)(F)C3C[C@H]43)c21. The van der Waals surface area contributed by atoms with Crippen molar-refractivity contribution in [3.63, 3.8) is 0 Å². The molecule has 5 aromatic rings. The molecule has 3 aromatic heterocycles. The Morgan fingerprint density at radius 3 is 2.42 bits per heavy atom. The number of nitrogens with one attached hydrogen (secondary N) is 2. The molecule has 0 spiro atoms. The Kier molecular flexibility index (Phi) is 9.36. The Balaban J connectivity index is 1.27. The minimum absolute atomic E-state index is 0.0252. The van der Waals surface area contributed by atoms with Crippen molar-refractivity contribution >= 4 is 44.3 Å². The number of nitrogens with zero attached hydrogens (tertiary/aromatic N) is 5. The van der Waals surface area contributed by atoms with Gasteiger partial charge in [0, 0.05) is 35.7 Å². The van der Waals surface area contributed by atoms with Gasteiger partial charge in [-0.05, 0) is 73.4 Å². The number of aromatic nitrogens is 5. The second-order valence-corrected chi connectivity index (χ2v) is 16.9. The van der Waals surface area contributed by atoms with E-state index in [9.17, 15) is 35.9 Å². The van der Waals surface area contributed by atoms with E-state index in [1.54, 1.807) is 18.2 Å². The molecule has 3 aliphatic rings. The number of pyridine rings is 1. The van der Waals surface area contributed by atoms with Gasteiger partial charge in [0.25, 0.3) is 12.3 Å². The molecular weight excluding hydrogens is 800 g/mol. The van der Waals surface area contributed by atoms with Crippen molar-refractivity contribution in [1.29, 1.82) is 0 Å². The molecule has 2 aromatic carbocycles. The first kappa shape index (κ1) is 38.7. The maximum Gasteiger partial charge on any atom is 0.293 e. The molecule has 298 valence electrons. The number of hydrogen-bond donors (Lipinski definition) is 3. The second kappa shape index (κ2) is 13.8. The van der Waals surface area contributed by atoms with Crippen molar-refractivity contribution < 1.29 is 44.7 Å². The Labute approximate surface area is 326 Å². The van der Waals surface area contributed by atoms with Gasteiger partial charge < -0.3 is 10.4 Å². The van der Waals surface area contributed by atoms with E-state index >= 15 is 8.78 Å². The average Bonchev–Trinajstić information content (AvgIpc) is 4.01. The van der Waals surface area contributed by atoms with Gasteiger partial charge in [-0.25, -0.2) is 31.0 Å². The summed E-state index contributed by atoms with van der Waals surface area (Å²) in [6, 6.07) is 7.71. The summed E-state index contributed by atoms with van der Waals surface area (Å²) in [7, 11) is -2.28. The number of hydrogen-bond acceptors (Lipinski definition) is 7. The van der Waals surface area contributed by atoms with E-state index in [1.165, 1.54) is 17.8 Å². The standard InChI is InChI=1S/C38H32ClF6N7O4S/c1-51-33-23(5-6-26(39)30(33)36(49-51)50-57(2,55)56)22-4-3-21(7-8-37(17-53)9-10-37)46-31(22)27(13-18-11-19(40)14-20(41)12-18)47-28(54)16-52-34-29(32(48-52)35(42)43)24-15-25(24)38(34,44)45/h3-6,11-12,14,24-25,27,35,53H,9-10,13,15-17H2,1-2H3,(H,47,54)(H,49,50)/t24-,25?,27-/m0/s1. The van der Waals surface area contributed by atoms with E-state index in [4.69, 9.17) is 16.6 Å². The number of benzene rings is 2. The van der Waals surface area contributed by atoms with E-state index in [0.29, 0.717) is 40.2 Å². The quantitative estimate of drug-likeness (QED) is 0.102. The van der Waals surface area contributed by atoms with Gasteiger partial charge in [0.05, 0.1) is 45.9 Å². The molecule has 3 N–H and O–H groups in total. The number of aliphatic hydroxyl groups is 1. The molecule has 1 amide bonds. The zero-order valence-corrected chi connectivity index (χ0v) is 31.6. The van der Waals surface area contributed by atoms with E-state index < -0.39 is 81.1 Å². The highest BCUT2D eigenvalue weighted by molar-refractivity contribution is 7.92. The molecule has 19 heteroatoms. The minimum atomic E-state index is -3.82. The number of amides is 1. The summed E-state index contributed by atoms with van der Waals surface area (Å²) in [5.41, 5.74) is -1.12. The Morgan fingerprint density at radius 2 is 1.77 bits per heavy atom. The normalized spacial score (nSPS) is 19.1. The fraction of sp³-hybridized carbons (Fsp3) is 0.368. The number of alkyl halides is 4. The highest BCUT2D eigenvalue weighted by atomic mass is 35.5. The number of carbonyl (C=O) groups excluding carboxylic acids is 1. The van der Waals surface area contributed by atoms with Crippen LogP contribution in [0.2, 0.25) is 5.02 Å². The first-order chi connectivity index (χ1) is 26.9. The van der Waals surface area contributed by atoms with Crippen LogP contribution in [0.5, 0.6) is 0 Å². The van der Waals surface area contributed by atoms with E-state index in [2.05, 4.69) is 32.1 Å². The van der Waals surface area contributed by atoms with Crippen molar-refractivity contribution in [3.05, 3.63) is 93.0 Å². The van der Waals surface area contributed by atoms with E-state index in [0.717, 1.165) is 18.4 Å². The summed E-state index contributed by atoms with van der Waals surface area (Å²) >= 11 is 6.59. The zero-order valence-electron chi connectivity index (χ0n) is 30.1. The monoisotopic (exact) mass is 831 g/mol. The van der Waals surface area contributed by atoms with Crippen molar-refractivity contribution in [1.82, 2.24) is 29.9 Å². The molecule has 8 rings (SSSR count). The maximum atomic E-state index is 15.4. The van der Waals surface area contributed by atoms with Crippen LogP contribution in [-0.4, -0.2) is 56.8 Å². The molecule has 57 heavy (non-hydrogen) atoms. The number of rotatable bonds is 11. The van der Waals surface area contributed by atoms with Gasteiger partial charge in [0.15, 0.2) is 5.82 Å². The molecular formula is C38H32ClF6N7O4S. The van der Waals surface area contributed by atoms with Crippen molar-refractivity contribution in [2.75, 3.05) is 17.6 Å². The molecule has 0 bridgehead atoms. The van der Waals surface area contributed by atoms with Crippen LogP contribution in [0, 0.1) is 34.8 Å². The molecule has 3 heterocycles. The molecule has 3 atom stereocenters. The summed E-state index contributed by atoms with van der Waals surface area (Å²) in [5, 5.41) is 21.0. The minimum Gasteiger partial charge on any atom is -0.395 e. The first-order valence-corrected chi connectivity index (χ1v) is 19.9. The number of fused-ring (bicyclic) bond motifs is 4. The second-order valence-electron chi connectivity index (χ2n) is 14.8. The van der Waals surface area contributed by atoms with Crippen molar-refractivity contribution in [2.24, 2.45) is 18.4 Å². The van der Waals surface area contributed by atoms with Crippen LogP contribution in [0.3, 0.4) is 0 Å². The predicted molar refractivity (Wildman–Crippen MR) is 196 cm³/mol. The van der Waals surface area contributed by atoms with Crippen LogP contribution in [-0.2, 0) is 40.8 Å². The Bertz CT molecular complexity index is 2650. The lowest BCUT2D eigenvalue weighted by molar-refractivity contribution is -0.123. The van der Waals surface area contributed by atoms with Gasteiger partial charge in [-0.15, -0.1) is 0 Å². The van der Waals surface area contributed by atoms with Crippen molar-refractivity contribution in [2.45, 2.75) is 56.5 Å². The summed E-state index contributed by atoms with van der Waals surface area (Å²) in [6.07, 6.45) is -1.21. The van der Waals surface area contributed by atoms with Gasteiger partial charge in [-0.3, -0.25) is 18.9 Å². The summed E-state index contributed by atoms with van der Waals surface area (Å²) < 4.78 is 117. The van der Waals surface area contributed by atoms with Crippen LogP contribution in [0.15, 0.2) is 42.5 Å². The molecule has 0 radical (unpaired) electrons. The Hall–Kier alpha value is -5.12. The Morgan fingerprint density at radius 1 is 1.07 bits per heavy atom.